The number of sulfonamides is 1. The number of hydrogen-bond acceptors (Lipinski definition) is 3. The largest absolute Gasteiger partial charge is 1.00 e. The van der Waals surface area contributed by atoms with Crippen molar-refractivity contribution < 1.29 is 25.4 Å². The minimum atomic E-state index is -3.35. The lowest BCUT2D eigenvalue weighted by atomic mass is 10.6. The smallest absolute Gasteiger partial charge is 0.214 e. The van der Waals surface area contributed by atoms with Crippen LogP contribution in [0, 0.1) is 0 Å². The normalized spacial score (nSPS) is 12.4. The third kappa shape index (κ3) is 13.2. The first-order valence-corrected chi connectivity index (χ1v) is 4.54. The summed E-state index contributed by atoms with van der Waals surface area (Å²) in [6.45, 7) is 0.332. The molecule has 0 rings (SSSR count). The molecule has 0 aromatic heterocycles. The average molecular weight is 204 g/mol. The molecule has 0 atom stereocenters. The summed E-state index contributed by atoms with van der Waals surface area (Å²) in [5, 5.41) is 4.75. The van der Waals surface area contributed by atoms with Crippen LogP contribution in [-0.2, 0) is 10.0 Å². The molecule has 0 amide bonds. The molecule has 70 valence electrons. The van der Waals surface area contributed by atoms with Crippen molar-refractivity contribution in [1.29, 1.82) is 0 Å². The van der Waals surface area contributed by atoms with Crippen molar-refractivity contribution in [2.75, 3.05) is 26.4 Å². The van der Waals surface area contributed by atoms with E-state index in [0.717, 1.165) is 0 Å². The van der Waals surface area contributed by atoms with E-state index in [9.17, 15) is 8.42 Å². The van der Waals surface area contributed by atoms with Gasteiger partial charge in [0.1, 0.15) is 12.3 Å². The third-order valence-electron chi connectivity index (χ3n) is 0.952. The molecule has 4 N–H and O–H groups in total. The van der Waals surface area contributed by atoms with Gasteiger partial charge in [-0.25, -0.2) is 13.6 Å². The molecule has 0 aromatic carbocycles. The van der Waals surface area contributed by atoms with Crippen LogP contribution < -0.4 is 23.4 Å². The van der Waals surface area contributed by atoms with Crippen molar-refractivity contribution in [3.63, 3.8) is 0 Å². The quantitative estimate of drug-likeness (QED) is 0.274. The van der Waals surface area contributed by atoms with E-state index in [0.29, 0.717) is 6.54 Å². The molecule has 0 aromatic rings. The number of quaternary nitrogens is 1. The summed E-state index contributed by atoms with van der Waals surface area (Å²) in [5.41, 5.74) is 0. The summed E-state index contributed by atoms with van der Waals surface area (Å²) in [6, 6.07) is 0. The fourth-order valence-electron chi connectivity index (χ4n) is 0.363. The number of nitrogens with zero attached hydrogens (tertiary/aromatic N) is 1. The topological polar surface area (TPSA) is 86.2 Å². The van der Waals surface area contributed by atoms with E-state index in [1.165, 1.54) is 0 Å². The lowest BCUT2D eigenvalue weighted by Gasteiger charge is -2.21. The van der Waals surface area contributed by atoms with E-state index in [1.807, 2.05) is 0 Å². The molecule has 0 heterocycles. The highest BCUT2D eigenvalue weighted by atomic mass is 35.5. The molecule has 0 aliphatic heterocycles. The minimum absolute atomic E-state index is 0. The summed E-state index contributed by atoms with van der Waals surface area (Å²) in [4.78, 5) is 0. The van der Waals surface area contributed by atoms with Crippen molar-refractivity contribution in [2.24, 2.45) is 11.0 Å². The zero-order valence-corrected chi connectivity index (χ0v) is 8.19. The van der Waals surface area contributed by atoms with Crippen LogP contribution in [0.15, 0.2) is 0 Å². The second-order valence-electron chi connectivity index (χ2n) is 2.87. The molecule has 0 saturated heterocycles. The molecule has 5 nitrogen and oxygen atoms in total. The molecule has 0 bridgehead atoms. The number of nitrogens with two attached hydrogens (primary N) is 2. The molecular weight excluding hydrogens is 190 g/mol. The minimum Gasteiger partial charge on any atom is -1.00 e. The van der Waals surface area contributed by atoms with Gasteiger partial charge in [0.05, 0.1) is 14.1 Å². The zero-order valence-electron chi connectivity index (χ0n) is 6.62. The fourth-order valence-corrected chi connectivity index (χ4v) is 1.09. The van der Waals surface area contributed by atoms with Crippen molar-refractivity contribution >= 4 is 10.0 Å². The van der Waals surface area contributed by atoms with Gasteiger partial charge in [-0.3, -0.25) is 4.59 Å². The molecule has 11 heavy (non-hydrogen) atoms. The molecule has 0 spiro atoms. The van der Waals surface area contributed by atoms with Crippen molar-refractivity contribution in [3.05, 3.63) is 0 Å². The van der Waals surface area contributed by atoms with Crippen molar-refractivity contribution in [3.8, 4) is 0 Å². The molecule has 0 aliphatic rings. The van der Waals surface area contributed by atoms with Crippen LogP contribution in [0.2, 0.25) is 0 Å². The lowest BCUT2D eigenvalue weighted by molar-refractivity contribution is -0.899. The van der Waals surface area contributed by atoms with Crippen LogP contribution in [0.5, 0.6) is 0 Å². The first kappa shape index (κ1) is 13.7. The van der Waals surface area contributed by atoms with Gasteiger partial charge < -0.3 is 12.4 Å². The second kappa shape index (κ2) is 4.22. The highest BCUT2D eigenvalue weighted by Crippen LogP contribution is 1.86. The Morgan fingerprint density at radius 3 is 1.82 bits per heavy atom. The lowest BCUT2D eigenvalue weighted by Crippen LogP contribution is -3.00. The van der Waals surface area contributed by atoms with Gasteiger partial charge >= 0.3 is 0 Å². The van der Waals surface area contributed by atoms with Crippen molar-refractivity contribution in [2.45, 2.75) is 0 Å². The summed E-state index contributed by atoms with van der Waals surface area (Å²) < 4.78 is 20.9. The third-order valence-corrected chi connectivity index (χ3v) is 1.70. The Hall–Kier alpha value is 0.120. The van der Waals surface area contributed by atoms with Gasteiger partial charge in [-0.05, 0) is 0 Å². The van der Waals surface area contributed by atoms with Gasteiger partial charge in [-0.15, -0.1) is 0 Å². The van der Waals surface area contributed by atoms with Gasteiger partial charge in [0.15, 0.2) is 0 Å². The van der Waals surface area contributed by atoms with E-state index >= 15 is 0 Å². The summed E-state index contributed by atoms with van der Waals surface area (Å²) in [7, 11) is 0.0462. The van der Waals surface area contributed by atoms with Crippen LogP contribution in [0.1, 0.15) is 0 Å². The number of primary sulfonamides is 1. The molecule has 0 aliphatic carbocycles. The Labute approximate surface area is 73.4 Å². The Bertz CT molecular complexity index is 196. The number of hydrogen-bond donors (Lipinski definition) is 2. The van der Waals surface area contributed by atoms with E-state index in [-0.39, 0.29) is 22.8 Å². The SMILES string of the molecule is C[N+](C)(N)CCS(N)(=O)=O.[Cl-]. The van der Waals surface area contributed by atoms with Crippen LogP contribution in [0.25, 0.3) is 0 Å². The van der Waals surface area contributed by atoms with E-state index in [1.54, 1.807) is 14.1 Å². The molecule has 0 unspecified atom stereocenters. The predicted octanol–water partition coefficient (Wildman–Crippen LogP) is -4.77. The standard InChI is InChI=1S/C4H14N3O2S.ClH/c1-7(2,5)3-4-10(6,8)9;/h3-5H2,1-2H3,(H2,6,8,9);1H/q+1;/p-1. The fraction of sp³-hybridized carbons (Fsp3) is 1.00. The first-order valence-electron chi connectivity index (χ1n) is 2.83. The summed E-state index contributed by atoms with van der Waals surface area (Å²) in [5.74, 6) is 5.39. The maximum Gasteiger partial charge on any atom is 0.214 e. The Balaban J connectivity index is 0. The monoisotopic (exact) mass is 203 g/mol. The summed E-state index contributed by atoms with van der Waals surface area (Å²) in [6.07, 6.45) is 0. The molecule has 0 saturated carbocycles. The van der Waals surface area contributed by atoms with Gasteiger partial charge in [0.2, 0.25) is 10.0 Å². The van der Waals surface area contributed by atoms with Crippen LogP contribution in [0.3, 0.4) is 0 Å². The summed E-state index contributed by atoms with van der Waals surface area (Å²) >= 11 is 0. The van der Waals surface area contributed by atoms with Crippen LogP contribution in [-0.4, -0.2) is 39.4 Å². The Morgan fingerprint density at radius 2 is 1.73 bits per heavy atom. The Morgan fingerprint density at radius 1 is 1.36 bits per heavy atom. The number of halogens is 1. The van der Waals surface area contributed by atoms with Crippen LogP contribution in [0.4, 0.5) is 0 Å². The van der Waals surface area contributed by atoms with Gasteiger partial charge in [-0.2, -0.15) is 5.84 Å². The highest BCUT2D eigenvalue weighted by Gasteiger charge is 2.12. The van der Waals surface area contributed by atoms with E-state index in [2.05, 4.69) is 0 Å². The molecule has 7 heteroatoms. The van der Waals surface area contributed by atoms with Crippen molar-refractivity contribution in [1.82, 2.24) is 0 Å². The predicted molar refractivity (Wildman–Crippen MR) is 39.1 cm³/mol. The van der Waals surface area contributed by atoms with E-state index in [4.69, 9.17) is 11.0 Å². The first-order chi connectivity index (χ1) is 4.21. The van der Waals surface area contributed by atoms with Gasteiger partial charge in [-0.1, -0.05) is 0 Å². The maximum atomic E-state index is 10.4. The Kier molecular flexibility index (Phi) is 5.26. The molecular formula is C4H14ClN3O2S. The van der Waals surface area contributed by atoms with Gasteiger partial charge in [0.25, 0.3) is 0 Å². The molecule has 0 radical (unpaired) electrons. The maximum absolute atomic E-state index is 10.4. The highest BCUT2D eigenvalue weighted by molar-refractivity contribution is 7.89. The zero-order chi connectivity index (χ0) is 8.41. The van der Waals surface area contributed by atoms with E-state index < -0.39 is 10.0 Å². The second-order valence-corrected chi connectivity index (χ2v) is 4.60. The molecule has 0 fully saturated rings. The average Bonchev–Trinajstić information content (AvgIpc) is 1.57. The van der Waals surface area contributed by atoms with Gasteiger partial charge in [0, 0.05) is 0 Å². The number of rotatable bonds is 3. The van der Waals surface area contributed by atoms with Crippen LogP contribution >= 0.6 is 0 Å².